The number of nitrogens with one attached hydrogen (secondary N) is 1. The lowest BCUT2D eigenvalue weighted by molar-refractivity contribution is 0.378. The van der Waals surface area contributed by atoms with E-state index in [0.717, 1.165) is 39.1 Å². The van der Waals surface area contributed by atoms with Gasteiger partial charge in [0.15, 0.2) is 0 Å². The number of aryl methyl sites for hydroxylation is 3. The van der Waals surface area contributed by atoms with Crippen molar-refractivity contribution in [3.05, 3.63) is 56.6 Å². The Kier molecular flexibility index (Phi) is 4.02. The normalized spacial score (nSPS) is 16.6. The second-order valence-corrected chi connectivity index (χ2v) is 6.42. The smallest absolute Gasteiger partial charge is 0.244 e. The predicted octanol–water partition coefficient (Wildman–Crippen LogP) is 3.60. The van der Waals surface area contributed by atoms with Gasteiger partial charge in [-0.15, -0.1) is 16.7 Å². The van der Waals surface area contributed by atoms with Crippen LogP contribution in [-0.2, 0) is 5.88 Å². The third-order valence-electron chi connectivity index (χ3n) is 4.74. The van der Waals surface area contributed by atoms with Crippen LogP contribution in [0.1, 0.15) is 45.0 Å². The minimum Gasteiger partial charge on any atom is -0.420 e. The fraction of sp³-hybridized carbons (Fsp3) is 0.333. The Morgan fingerprint density at radius 3 is 2.62 bits per heavy atom. The van der Waals surface area contributed by atoms with Crippen LogP contribution in [0.2, 0.25) is 0 Å². The highest BCUT2D eigenvalue weighted by Gasteiger charge is 2.36. The maximum absolute atomic E-state index is 9.69. The summed E-state index contributed by atoms with van der Waals surface area (Å²) in [6, 6.07) is 4.33. The predicted molar refractivity (Wildman–Crippen MR) is 92.8 cm³/mol. The first-order valence-electron chi connectivity index (χ1n) is 7.68. The highest BCUT2D eigenvalue weighted by atomic mass is 35.5. The van der Waals surface area contributed by atoms with E-state index >= 15 is 0 Å². The summed E-state index contributed by atoms with van der Waals surface area (Å²) in [5.74, 6) is 0.654. The molecule has 3 N–H and O–H groups in total. The maximum Gasteiger partial charge on any atom is 0.244 e. The average molecular weight is 343 g/mol. The number of H-pyrrole nitrogens is 1. The van der Waals surface area contributed by atoms with Crippen molar-refractivity contribution in [1.29, 1.82) is 5.26 Å². The Bertz CT molecular complexity index is 905. The summed E-state index contributed by atoms with van der Waals surface area (Å²) >= 11 is 6.17. The summed E-state index contributed by atoms with van der Waals surface area (Å²) in [5.41, 5.74) is 13.6. The van der Waals surface area contributed by atoms with Gasteiger partial charge in [-0.1, -0.05) is 6.07 Å². The zero-order valence-corrected chi connectivity index (χ0v) is 14.9. The molecule has 3 rings (SSSR count). The van der Waals surface area contributed by atoms with Gasteiger partial charge >= 0.3 is 0 Å². The number of aromatic nitrogens is 2. The molecular weight excluding hydrogens is 324 g/mol. The van der Waals surface area contributed by atoms with E-state index in [1.165, 1.54) is 0 Å². The largest absolute Gasteiger partial charge is 0.420 e. The summed E-state index contributed by atoms with van der Waals surface area (Å²) in [4.78, 5) is 0. The van der Waals surface area contributed by atoms with Crippen LogP contribution in [0.3, 0.4) is 0 Å². The highest BCUT2D eigenvalue weighted by Crippen LogP contribution is 2.45. The Hall–Kier alpha value is -2.45. The van der Waals surface area contributed by atoms with Crippen molar-refractivity contribution in [2.24, 2.45) is 5.73 Å². The van der Waals surface area contributed by atoms with E-state index in [-0.39, 0.29) is 11.8 Å². The molecule has 124 valence electrons. The first kappa shape index (κ1) is 16.4. The van der Waals surface area contributed by atoms with Crippen molar-refractivity contribution in [2.75, 3.05) is 0 Å². The van der Waals surface area contributed by atoms with Crippen LogP contribution in [-0.4, -0.2) is 10.2 Å². The average Bonchev–Trinajstić information content (AvgIpc) is 2.87. The molecule has 0 saturated heterocycles. The Morgan fingerprint density at radius 2 is 2.00 bits per heavy atom. The molecule has 0 fully saturated rings. The molecule has 2 aromatic rings. The van der Waals surface area contributed by atoms with Crippen molar-refractivity contribution in [3.63, 3.8) is 0 Å². The van der Waals surface area contributed by atoms with Gasteiger partial charge in [-0.05, 0) is 55.5 Å². The number of benzene rings is 1. The van der Waals surface area contributed by atoms with E-state index in [2.05, 4.69) is 29.3 Å². The molecule has 1 aromatic heterocycles. The summed E-state index contributed by atoms with van der Waals surface area (Å²) < 4.78 is 5.53. The van der Waals surface area contributed by atoms with Crippen molar-refractivity contribution < 1.29 is 4.74 Å². The number of aromatic amines is 1. The molecular formula is C18H19ClN4O. The first-order chi connectivity index (χ1) is 11.4. The summed E-state index contributed by atoms with van der Waals surface area (Å²) in [5, 5.41) is 16.8. The van der Waals surface area contributed by atoms with Crippen molar-refractivity contribution in [3.8, 4) is 11.9 Å². The van der Waals surface area contributed by atoms with Gasteiger partial charge in [0.2, 0.25) is 11.8 Å². The Balaban J connectivity index is 2.36. The van der Waals surface area contributed by atoms with Crippen LogP contribution >= 0.6 is 11.6 Å². The van der Waals surface area contributed by atoms with Crippen LogP contribution < -0.4 is 10.5 Å². The molecule has 0 saturated carbocycles. The number of fused-ring (bicyclic) bond motifs is 1. The summed E-state index contributed by atoms with van der Waals surface area (Å²) in [6.45, 7) is 8.06. The molecule has 1 atom stereocenters. The topological polar surface area (TPSA) is 87.7 Å². The van der Waals surface area contributed by atoms with Crippen LogP contribution in [0, 0.1) is 39.0 Å². The standard InChI is InChI=1S/C18H19ClN4O/c1-8-5-9(2)14(10(3)12(8)6-19)16-13(7-20)17(21)24-18-15(16)11(4)22-23-18/h5,16H,6,21H2,1-4H3,(H,22,23). The van der Waals surface area contributed by atoms with Gasteiger partial charge in [-0.3, -0.25) is 5.10 Å². The van der Waals surface area contributed by atoms with Gasteiger partial charge in [-0.25, -0.2) is 0 Å². The van der Waals surface area contributed by atoms with Gasteiger partial charge in [0.25, 0.3) is 0 Å². The molecule has 0 bridgehead atoms. The van der Waals surface area contributed by atoms with Crippen molar-refractivity contribution >= 4 is 11.6 Å². The molecule has 6 heteroatoms. The number of halogens is 1. The van der Waals surface area contributed by atoms with E-state index in [0.29, 0.717) is 17.3 Å². The zero-order valence-electron chi connectivity index (χ0n) is 14.1. The lowest BCUT2D eigenvalue weighted by atomic mass is 9.78. The molecule has 1 unspecified atom stereocenters. The fourth-order valence-electron chi connectivity index (χ4n) is 3.58. The van der Waals surface area contributed by atoms with E-state index in [4.69, 9.17) is 22.1 Å². The van der Waals surface area contributed by atoms with E-state index in [1.807, 2.05) is 20.8 Å². The monoisotopic (exact) mass is 342 g/mol. The quantitative estimate of drug-likeness (QED) is 0.816. The van der Waals surface area contributed by atoms with Gasteiger partial charge in [-0.2, -0.15) is 5.26 Å². The van der Waals surface area contributed by atoms with E-state index in [9.17, 15) is 5.26 Å². The van der Waals surface area contributed by atoms with E-state index < -0.39 is 0 Å². The van der Waals surface area contributed by atoms with Crippen LogP contribution in [0.4, 0.5) is 0 Å². The molecule has 24 heavy (non-hydrogen) atoms. The van der Waals surface area contributed by atoms with Crippen LogP contribution in [0.5, 0.6) is 5.88 Å². The van der Waals surface area contributed by atoms with Crippen molar-refractivity contribution in [1.82, 2.24) is 10.2 Å². The van der Waals surface area contributed by atoms with E-state index in [1.54, 1.807) is 0 Å². The lowest BCUT2D eigenvalue weighted by Gasteiger charge is -2.27. The number of nitriles is 1. The van der Waals surface area contributed by atoms with Crippen LogP contribution in [0.15, 0.2) is 17.5 Å². The van der Waals surface area contributed by atoms with Gasteiger partial charge < -0.3 is 10.5 Å². The molecule has 0 aliphatic carbocycles. The molecule has 1 aliphatic rings. The number of rotatable bonds is 2. The molecule has 0 spiro atoms. The minimum atomic E-state index is -0.305. The third kappa shape index (κ3) is 2.26. The van der Waals surface area contributed by atoms with Crippen LogP contribution in [0.25, 0.3) is 0 Å². The Morgan fingerprint density at radius 1 is 1.29 bits per heavy atom. The number of hydrogen-bond acceptors (Lipinski definition) is 4. The number of nitrogens with two attached hydrogens (primary N) is 1. The second kappa shape index (κ2) is 5.88. The molecule has 2 heterocycles. The summed E-state index contributed by atoms with van der Waals surface area (Å²) in [7, 11) is 0. The molecule has 1 aromatic carbocycles. The molecule has 0 radical (unpaired) electrons. The highest BCUT2D eigenvalue weighted by molar-refractivity contribution is 6.17. The van der Waals surface area contributed by atoms with Crippen molar-refractivity contribution in [2.45, 2.75) is 39.5 Å². The number of allylic oxidation sites excluding steroid dienone is 1. The SMILES string of the molecule is Cc1cc(C)c(C2C(C#N)=C(N)Oc3n[nH]c(C)c32)c(C)c1CCl. The minimum absolute atomic E-state index is 0.105. The second-order valence-electron chi connectivity index (χ2n) is 6.15. The van der Waals surface area contributed by atoms with Gasteiger partial charge in [0, 0.05) is 17.1 Å². The number of nitrogens with zero attached hydrogens (tertiary/aromatic N) is 2. The maximum atomic E-state index is 9.69. The number of hydrogen-bond donors (Lipinski definition) is 2. The fourth-order valence-corrected chi connectivity index (χ4v) is 3.99. The number of ether oxygens (including phenoxy) is 1. The molecule has 5 nitrogen and oxygen atoms in total. The zero-order chi connectivity index (χ0) is 17.6. The van der Waals surface area contributed by atoms with Gasteiger partial charge in [0.1, 0.15) is 11.6 Å². The molecule has 1 aliphatic heterocycles. The third-order valence-corrected chi connectivity index (χ3v) is 5.01. The first-order valence-corrected chi connectivity index (χ1v) is 8.22. The number of alkyl halides is 1. The lowest BCUT2D eigenvalue weighted by Crippen LogP contribution is -2.22. The summed E-state index contributed by atoms with van der Waals surface area (Å²) in [6.07, 6.45) is 0. The molecule has 0 amide bonds. The van der Waals surface area contributed by atoms with Gasteiger partial charge in [0.05, 0.1) is 5.92 Å². The Labute approximate surface area is 146 Å².